The molecule has 0 radical (unpaired) electrons. The first-order chi connectivity index (χ1) is 12.1. The summed E-state index contributed by atoms with van der Waals surface area (Å²) in [7, 11) is 0. The summed E-state index contributed by atoms with van der Waals surface area (Å²) in [6, 6.07) is 9.37. The minimum absolute atomic E-state index is 0.320. The summed E-state index contributed by atoms with van der Waals surface area (Å²) < 4.78 is 17.2. The third-order valence-electron chi connectivity index (χ3n) is 3.52. The molecule has 5 nitrogen and oxygen atoms in total. The van der Waals surface area contributed by atoms with Gasteiger partial charge >= 0.3 is 0 Å². The van der Waals surface area contributed by atoms with Crippen molar-refractivity contribution in [3.8, 4) is 17.2 Å². The Morgan fingerprint density at radius 3 is 2.28 bits per heavy atom. The minimum Gasteiger partial charge on any atom is -0.490 e. The van der Waals surface area contributed by atoms with Crippen molar-refractivity contribution in [3.63, 3.8) is 0 Å². The summed E-state index contributed by atoms with van der Waals surface area (Å²) in [6.45, 7) is 7.05. The van der Waals surface area contributed by atoms with E-state index in [1.807, 2.05) is 39.0 Å². The maximum absolute atomic E-state index is 8.66. The van der Waals surface area contributed by atoms with Crippen molar-refractivity contribution in [1.82, 2.24) is 0 Å². The minimum atomic E-state index is 0.320. The highest BCUT2D eigenvalue weighted by atomic mass is 35.5. The molecular formula is C19H22ClNO4. The number of nitrogens with zero attached hydrogens (tertiary/aromatic N) is 1. The number of oxime groups is 1. The fourth-order valence-electron chi connectivity index (χ4n) is 2.45. The Morgan fingerprint density at radius 1 is 1.04 bits per heavy atom. The second kappa shape index (κ2) is 9.18. The number of ether oxygens (including phenoxy) is 3. The molecule has 0 amide bonds. The summed E-state index contributed by atoms with van der Waals surface area (Å²) >= 11 is 6.26. The van der Waals surface area contributed by atoms with Crippen LogP contribution in [0.5, 0.6) is 17.2 Å². The second-order valence-electron chi connectivity index (χ2n) is 5.43. The summed E-state index contributed by atoms with van der Waals surface area (Å²) in [5, 5.41) is 12.1. The quantitative estimate of drug-likeness (QED) is 0.322. The van der Waals surface area contributed by atoms with Gasteiger partial charge in [0.15, 0.2) is 11.5 Å². The van der Waals surface area contributed by atoms with Crippen LogP contribution in [0.25, 0.3) is 0 Å². The van der Waals surface area contributed by atoms with E-state index in [1.54, 1.807) is 12.1 Å². The molecule has 0 spiro atoms. The summed E-state index contributed by atoms with van der Waals surface area (Å²) in [5.74, 6) is 1.82. The van der Waals surface area contributed by atoms with Crippen LogP contribution in [0.15, 0.2) is 35.5 Å². The maximum Gasteiger partial charge on any atom is 0.179 e. The lowest BCUT2D eigenvalue weighted by Gasteiger charge is -2.16. The molecule has 0 aliphatic rings. The first kappa shape index (κ1) is 18.9. The number of halogens is 1. The van der Waals surface area contributed by atoms with Gasteiger partial charge < -0.3 is 19.4 Å². The van der Waals surface area contributed by atoms with Crippen LogP contribution in [0.1, 0.15) is 23.6 Å². The Morgan fingerprint density at radius 2 is 1.68 bits per heavy atom. The molecule has 6 heteroatoms. The standard InChI is InChI=1S/C19H22ClNO4/c1-4-23-17-11-15(12-21-22)10-16(20)19(17)25-9-8-24-18-13(2)6-5-7-14(18)3/h5-7,10-12,22H,4,8-9H2,1-3H3. The predicted octanol–water partition coefficient (Wildman–Crippen LogP) is 4.62. The molecule has 0 unspecified atom stereocenters. The Hall–Kier alpha value is -2.40. The van der Waals surface area contributed by atoms with Crippen molar-refractivity contribution in [1.29, 1.82) is 0 Å². The lowest BCUT2D eigenvalue weighted by atomic mass is 10.1. The zero-order valence-corrected chi connectivity index (χ0v) is 15.3. The van der Waals surface area contributed by atoms with Gasteiger partial charge in [-0.3, -0.25) is 0 Å². The van der Waals surface area contributed by atoms with E-state index in [9.17, 15) is 0 Å². The molecule has 0 aliphatic heterocycles. The van der Waals surface area contributed by atoms with E-state index in [0.717, 1.165) is 16.9 Å². The van der Waals surface area contributed by atoms with Crippen molar-refractivity contribution in [3.05, 3.63) is 52.0 Å². The Labute approximate surface area is 152 Å². The monoisotopic (exact) mass is 363 g/mol. The lowest BCUT2D eigenvalue weighted by molar-refractivity contribution is 0.207. The van der Waals surface area contributed by atoms with E-state index < -0.39 is 0 Å². The number of aryl methyl sites for hydroxylation is 2. The summed E-state index contributed by atoms with van der Waals surface area (Å²) in [4.78, 5) is 0. The molecule has 0 atom stereocenters. The lowest BCUT2D eigenvalue weighted by Crippen LogP contribution is -2.11. The van der Waals surface area contributed by atoms with Crippen molar-refractivity contribution < 1.29 is 19.4 Å². The van der Waals surface area contributed by atoms with Gasteiger partial charge in [-0.15, -0.1) is 0 Å². The third kappa shape index (κ3) is 5.03. The molecule has 0 heterocycles. The van der Waals surface area contributed by atoms with Gasteiger partial charge in [0.2, 0.25) is 0 Å². The average Bonchev–Trinajstić information content (AvgIpc) is 2.56. The van der Waals surface area contributed by atoms with Crippen molar-refractivity contribution in [2.75, 3.05) is 19.8 Å². The first-order valence-corrected chi connectivity index (χ1v) is 8.40. The van der Waals surface area contributed by atoms with Crippen LogP contribution in [0.2, 0.25) is 5.02 Å². The molecular weight excluding hydrogens is 342 g/mol. The van der Waals surface area contributed by atoms with E-state index in [2.05, 4.69) is 5.16 Å². The van der Waals surface area contributed by atoms with Crippen LogP contribution in [-0.2, 0) is 0 Å². The second-order valence-corrected chi connectivity index (χ2v) is 5.83. The molecule has 2 rings (SSSR count). The van der Waals surface area contributed by atoms with Gasteiger partial charge in [0.05, 0.1) is 17.8 Å². The molecule has 0 aliphatic carbocycles. The van der Waals surface area contributed by atoms with Gasteiger partial charge in [-0.2, -0.15) is 0 Å². The molecule has 0 bridgehead atoms. The van der Waals surface area contributed by atoms with Crippen molar-refractivity contribution in [2.45, 2.75) is 20.8 Å². The van der Waals surface area contributed by atoms with Gasteiger partial charge in [0, 0.05) is 5.56 Å². The highest BCUT2D eigenvalue weighted by Gasteiger charge is 2.12. The van der Waals surface area contributed by atoms with E-state index in [4.69, 9.17) is 31.0 Å². The fraction of sp³-hybridized carbons (Fsp3) is 0.316. The molecule has 134 valence electrons. The van der Waals surface area contributed by atoms with Gasteiger partial charge in [0.25, 0.3) is 0 Å². The third-order valence-corrected chi connectivity index (χ3v) is 3.80. The van der Waals surface area contributed by atoms with Crippen LogP contribution >= 0.6 is 11.6 Å². The molecule has 0 aromatic heterocycles. The SMILES string of the molecule is CCOc1cc(C=NO)cc(Cl)c1OCCOc1c(C)cccc1C. The van der Waals surface area contributed by atoms with E-state index in [-0.39, 0.29) is 0 Å². The predicted molar refractivity (Wildman–Crippen MR) is 98.9 cm³/mol. The fourth-order valence-corrected chi connectivity index (χ4v) is 2.72. The van der Waals surface area contributed by atoms with Gasteiger partial charge in [0.1, 0.15) is 19.0 Å². The Bertz CT molecular complexity index is 726. The Kier molecular flexibility index (Phi) is 6.95. The van der Waals surface area contributed by atoms with Crippen molar-refractivity contribution in [2.24, 2.45) is 5.16 Å². The zero-order valence-electron chi connectivity index (χ0n) is 14.6. The molecule has 2 aromatic carbocycles. The van der Waals surface area contributed by atoms with Crippen LogP contribution in [0.3, 0.4) is 0 Å². The molecule has 1 N–H and O–H groups in total. The molecule has 25 heavy (non-hydrogen) atoms. The van der Waals surface area contributed by atoms with Gasteiger partial charge in [-0.25, -0.2) is 0 Å². The summed E-state index contributed by atoms with van der Waals surface area (Å²) in [6.07, 6.45) is 1.28. The highest BCUT2D eigenvalue weighted by molar-refractivity contribution is 6.32. The van der Waals surface area contributed by atoms with Crippen LogP contribution in [0, 0.1) is 13.8 Å². The van der Waals surface area contributed by atoms with Gasteiger partial charge in [-0.1, -0.05) is 35.0 Å². The first-order valence-electron chi connectivity index (χ1n) is 8.02. The molecule has 2 aromatic rings. The zero-order chi connectivity index (χ0) is 18.2. The number of benzene rings is 2. The topological polar surface area (TPSA) is 60.3 Å². The van der Waals surface area contributed by atoms with Crippen LogP contribution < -0.4 is 14.2 Å². The van der Waals surface area contributed by atoms with Gasteiger partial charge in [-0.05, 0) is 44.0 Å². The molecule has 0 saturated heterocycles. The van der Waals surface area contributed by atoms with E-state index >= 15 is 0 Å². The smallest absolute Gasteiger partial charge is 0.179 e. The maximum atomic E-state index is 8.66. The number of hydrogen-bond donors (Lipinski definition) is 1. The number of hydrogen-bond acceptors (Lipinski definition) is 5. The molecule has 0 fully saturated rings. The van der Waals surface area contributed by atoms with Crippen LogP contribution in [0.4, 0.5) is 0 Å². The number of para-hydroxylation sites is 1. The Balaban J connectivity index is 2.04. The normalized spacial score (nSPS) is 10.9. The van der Waals surface area contributed by atoms with Crippen molar-refractivity contribution >= 4 is 17.8 Å². The van der Waals surface area contributed by atoms with E-state index in [0.29, 0.717) is 41.9 Å². The molecule has 0 saturated carbocycles. The number of rotatable bonds is 8. The largest absolute Gasteiger partial charge is 0.490 e. The summed E-state index contributed by atoms with van der Waals surface area (Å²) in [5.41, 5.74) is 2.79. The highest BCUT2D eigenvalue weighted by Crippen LogP contribution is 2.36. The average molecular weight is 364 g/mol. The van der Waals surface area contributed by atoms with Crippen LogP contribution in [-0.4, -0.2) is 31.2 Å². The van der Waals surface area contributed by atoms with E-state index in [1.165, 1.54) is 6.21 Å².